The number of amides is 1. The topological polar surface area (TPSA) is 114 Å². The lowest BCUT2D eigenvalue weighted by molar-refractivity contribution is -0.870. The number of unbranched alkanes of at least 4 members (excludes halogenated alkanes) is 34. The molecule has 0 saturated heterocycles. The van der Waals surface area contributed by atoms with E-state index < -0.39 is 26.6 Å². The van der Waals surface area contributed by atoms with Crippen LogP contribution in [-0.2, 0) is 27.9 Å². The number of carbonyl (C=O) groups is 2. The number of nitrogens with zero attached hydrogens (tertiary/aromatic N) is 1. The van der Waals surface area contributed by atoms with Gasteiger partial charge in [-0.3, -0.25) is 14.2 Å². The molecule has 1 amide bonds. The van der Waals surface area contributed by atoms with Crippen molar-refractivity contribution in [2.24, 2.45) is 0 Å². The summed E-state index contributed by atoms with van der Waals surface area (Å²) >= 11 is 0. The lowest BCUT2D eigenvalue weighted by Gasteiger charge is -2.30. The normalized spacial score (nSPS) is 14.1. The average molecular weight is 1250 g/mol. The summed E-state index contributed by atoms with van der Waals surface area (Å²) in [5, 5.41) is 3.03. The molecule has 10 heteroatoms. The van der Waals surface area contributed by atoms with E-state index >= 15 is 0 Å². The second-order valence-corrected chi connectivity index (χ2v) is 27.1. The van der Waals surface area contributed by atoms with Gasteiger partial charge < -0.3 is 28.5 Å². The molecular formula is C78H139N2O7P. The monoisotopic (exact) mass is 1250 g/mol. The van der Waals surface area contributed by atoms with E-state index in [0.29, 0.717) is 17.4 Å². The molecule has 9 nitrogen and oxygen atoms in total. The number of ether oxygens (including phenoxy) is 1. The molecule has 3 atom stereocenters. The maximum atomic E-state index is 13.6. The van der Waals surface area contributed by atoms with Crippen LogP contribution < -0.4 is 10.2 Å². The number of allylic oxidation sites excluding steroid dienone is 17. The zero-order chi connectivity index (χ0) is 64.2. The molecule has 0 spiro atoms. The van der Waals surface area contributed by atoms with Crippen molar-refractivity contribution in [2.45, 2.75) is 335 Å². The van der Waals surface area contributed by atoms with Crippen LogP contribution >= 0.6 is 7.82 Å². The highest BCUT2D eigenvalue weighted by atomic mass is 31.2. The van der Waals surface area contributed by atoms with Crippen LogP contribution in [0, 0.1) is 0 Å². The minimum atomic E-state index is -4.72. The van der Waals surface area contributed by atoms with Crippen molar-refractivity contribution in [2.75, 3.05) is 40.9 Å². The first-order valence-electron chi connectivity index (χ1n) is 36.7. The predicted octanol–water partition coefficient (Wildman–Crippen LogP) is 23.0. The third kappa shape index (κ3) is 67.1. The number of phosphoric acid groups is 1. The third-order valence-electron chi connectivity index (χ3n) is 15.9. The maximum Gasteiger partial charge on any atom is 0.306 e. The molecule has 0 aliphatic carbocycles. The zero-order valence-corrected chi connectivity index (χ0v) is 59.0. The van der Waals surface area contributed by atoms with Crippen molar-refractivity contribution in [3.05, 3.63) is 109 Å². The molecule has 0 aromatic heterocycles. The second kappa shape index (κ2) is 66.6. The van der Waals surface area contributed by atoms with Crippen LogP contribution in [0.2, 0.25) is 0 Å². The predicted molar refractivity (Wildman–Crippen MR) is 381 cm³/mol. The number of carbonyl (C=O) groups excluding carboxylic acids is 2. The highest BCUT2D eigenvalue weighted by Gasteiger charge is 2.27. The van der Waals surface area contributed by atoms with Gasteiger partial charge in [0.15, 0.2) is 0 Å². The van der Waals surface area contributed by atoms with Crippen molar-refractivity contribution in [3.63, 3.8) is 0 Å². The van der Waals surface area contributed by atoms with Crippen LogP contribution in [0.25, 0.3) is 0 Å². The number of phosphoric ester groups is 1. The fourth-order valence-electron chi connectivity index (χ4n) is 10.3. The fraction of sp³-hybridized carbons (Fsp3) is 0.744. The van der Waals surface area contributed by atoms with E-state index in [4.69, 9.17) is 13.8 Å². The molecule has 508 valence electrons. The van der Waals surface area contributed by atoms with Gasteiger partial charge in [0.05, 0.1) is 33.8 Å². The summed E-state index contributed by atoms with van der Waals surface area (Å²) in [6, 6.07) is -0.909. The van der Waals surface area contributed by atoms with Crippen LogP contribution in [0.15, 0.2) is 109 Å². The van der Waals surface area contributed by atoms with E-state index in [1.165, 1.54) is 173 Å². The number of hydrogen-bond acceptors (Lipinski definition) is 7. The van der Waals surface area contributed by atoms with E-state index in [0.717, 1.165) is 109 Å². The van der Waals surface area contributed by atoms with Crippen molar-refractivity contribution in [1.29, 1.82) is 0 Å². The summed E-state index contributed by atoms with van der Waals surface area (Å²) in [7, 11) is 1.16. The van der Waals surface area contributed by atoms with E-state index in [1.54, 1.807) is 0 Å². The van der Waals surface area contributed by atoms with E-state index in [9.17, 15) is 19.0 Å². The molecule has 0 aliphatic rings. The Morgan fingerprint density at radius 1 is 0.409 bits per heavy atom. The number of rotatable bonds is 66. The fourth-order valence-corrected chi connectivity index (χ4v) is 11.0. The largest absolute Gasteiger partial charge is 0.756 e. The van der Waals surface area contributed by atoms with E-state index in [2.05, 4.69) is 123 Å². The number of hydrogen-bond donors (Lipinski definition) is 1. The summed E-state index contributed by atoms with van der Waals surface area (Å²) in [5.41, 5.74) is 0. The van der Waals surface area contributed by atoms with Crippen LogP contribution in [0.4, 0.5) is 0 Å². The molecule has 88 heavy (non-hydrogen) atoms. The molecule has 0 fully saturated rings. The van der Waals surface area contributed by atoms with E-state index in [1.807, 2.05) is 33.3 Å². The second-order valence-electron chi connectivity index (χ2n) is 25.7. The standard InChI is InChI=1S/C78H139N2O7P/c1-7-10-13-16-19-22-25-28-30-32-34-36-38-39-40-41-43-45-47-49-51-53-56-59-62-65-68-71-78(82)87-76(69-66-63-60-57-54-27-24-21-18-15-12-9-3)75(74-86-88(83,84)85-73-72-80(4,5)6)79-77(81)70-67-64-61-58-55-52-50-48-46-44-42-37-35-33-31-29-26-23-20-17-14-11-8-2/h11,14,19-20,22-23,28-31,35,37,44,46,50,52,66,69,75-76H,7-10,12-13,15-18,21,24-27,32-34,36,38-43,45,47-49,51,53-65,67-68,70-74H2,1-6H3,(H-,79,81,83,84)/b14-11-,22-19-,23-20-,30-28-,31-29-,37-35-,46-44-,52-50-,69-66+. The van der Waals surface area contributed by atoms with Crippen molar-refractivity contribution < 1.29 is 37.3 Å². The van der Waals surface area contributed by atoms with Gasteiger partial charge in [0.2, 0.25) is 5.91 Å². The first kappa shape index (κ1) is 84.7. The number of nitrogens with one attached hydrogen (secondary N) is 1. The van der Waals surface area contributed by atoms with Gasteiger partial charge in [0.1, 0.15) is 19.3 Å². The Hall–Kier alpha value is -3.33. The number of quaternary nitrogens is 1. The first-order chi connectivity index (χ1) is 42.9. The molecular weight excluding hydrogens is 1110 g/mol. The van der Waals surface area contributed by atoms with Gasteiger partial charge in [-0.05, 0) is 115 Å². The number of esters is 1. The summed E-state index contributed by atoms with van der Waals surface area (Å²) in [6.07, 6.45) is 92.2. The first-order valence-corrected chi connectivity index (χ1v) is 38.2. The van der Waals surface area contributed by atoms with Gasteiger partial charge in [-0.25, -0.2) is 0 Å². The smallest absolute Gasteiger partial charge is 0.306 e. The Labute approximate surface area is 544 Å². The maximum absolute atomic E-state index is 13.6. The molecule has 0 aromatic rings. The lowest BCUT2D eigenvalue weighted by atomic mass is 10.0. The molecule has 1 N–H and O–H groups in total. The Bertz CT molecular complexity index is 1870. The zero-order valence-electron chi connectivity index (χ0n) is 58.2. The summed E-state index contributed by atoms with van der Waals surface area (Å²) in [5.74, 6) is -0.566. The molecule has 0 bridgehead atoms. The van der Waals surface area contributed by atoms with Gasteiger partial charge in [-0.2, -0.15) is 0 Å². The van der Waals surface area contributed by atoms with Crippen LogP contribution in [0.5, 0.6) is 0 Å². The Balaban J connectivity index is 5.06. The van der Waals surface area contributed by atoms with Gasteiger partial charge in [0, 0.05) is 12.8 Å². The minimum Gasteiger partial charge on any atom is -0.756 e. The summed E-state index contributed by atoms with van der Waals surface area (Å²) in [4.78, 5) is 40.2. The highest BCUT2D eigenvalue weighted by molar-refractivity contribution is 7.45. The molecule has 0 heterocycles. The van der Waals surface area contributed by atoms with Crippen molar-refractivity contribution in [3.8, 4) is 0 Å². The SMILES string of the molecule is CC/C=C\C/C=C\C/C=C\C/C=C\C/C=C\C/C=C\CCCCCCC(=O)NC(COP(=O)([O-])OCC[N+](C)(C)C)C(/C=C/CCCCCCCCCCCC)OC(=O)CCCCCCCCCCCCCCCCCCC/C=C\C/C=C\CCCCC. The minimum absolute atomic E-state index is 0.0316. The van der Waals surface area contributed by atoms with Crippen molar-refractivity contribution >= 4 is 19.7 Å². The third-order valence-corrected chi connectivity index (χ3v) is 16.9. The molecule has 0 rings (SSSR count). The molecule has 3 unspecified atom stereocenters. The van der Waals surface area contributed by atoms with Gasteiger partial charge >= 0.3 is 5.97 Å². The van der Waals surface area contributed by atoms with Gasteiger partial charge in [-0.1, -0.05) is 304 Å². The van der Waals surface area contributed by atoms with E-state index in [-0.39, 0.29) is 31.3 Å². The van der Waals surface area contributed by atoms with Crippen molar-refractivity contribution in [1.82, 2.24) is 5.32 Å². The number of likely N-dealkylation sites (N-methyl/N-ethyl adjacent to an activating group) is 1. The van der Waals surface area contributed by atoms with Gasteiger partial charge in [0.25, 0.3) is 7.82 Å². The lowest BCUT2D eigenvalue weighted by Crippen LogP contribution is -2.47. The summed E-state index contributed by atoms with van der Waals surface area (Å²) < 4.78 is 30.5. The van der Waals surface area contributed by atoms with Crippen LogP contribution in [0.3, 0.4) is 0 Å². The Morgan fingerprint density at radius 2 is 0.727 bits per heavy atom. The molecule has 0 radical (unpaired) electrons. The molecule has 0 saturated carbocycles. The molecule has 0 aromatic carbocycles. The van der Waals surface area contributed by atoms with Crippen LogP contribution in [-0.4, -0.2) is 69.4 Å². The highest BCUT2D eigenvalue weighted by Crippen LogP contribution is 2.38. The van der Waals surface area contributed by atoms with Gasteiger partial charge in [-0.15, -0.1) is 0 Å². The average Bonchev–Trinajstić information content (AvgIpc) is 3.53. The Morgan fingerprint density at radius 3 is 1.11 bits per heavy atom. The molecule has 0 aliphatic heterocycles. The summed E-state index contributed by atoms with van der Waals surface area (Å²) in [6.45, 7) is 6.71. The quantitative estimate of drug-likeness (QED) is 0.0212. The Kier molecular flexibility index (Phi) is 64.1. The van der Waals surface area contributed by atoms with Crippen LogP contribution in [0.1, 0.15) is 323 Å².